The van der Waals surface area contributed by atoms with Gasteiger partial charge in [0.05, 0.1) is 64.9 Å². The number of amides is 1. The predicted molar refractivity (Wildman–Crippen MR) is 353 cm³/mol. The minimum absolute atomic E-state index is 0.0285. The average molecular weight is 1340 g/mol. The number of nitrogens with one attached hydrogen (secondary N) is 1. The number of benzene rings is 7. The molecular formula is C74H88F3N5O15. The molecular weight excluding hydrogens is 1260 g/mol. The molecule has 1 saturated carbocycles. The Labute approximate surface area is 563 Å². The van der Waals surface area contributed by atoms with Gasteiger partial charge in [0, 0.05) is 19.7 Å². The molecule has 0 aromatic heterocycles. The first-order valence-electron chi connectivity index (χ1n) is 32.4. The Morgan fingerprint density at radius 1 is 0.495 bits per heavy atom. The van der Waals surface area contributed by atoms with Crippen LogP contribution in [0.4, 0.5) is 13.2 Å². The smallest absolute Gasteiger partial charge is 0.475 e. The van der Waals surface area contributed by atoms with E-state index in [4.69, 9.17) is 89.7 Å². The van der Waals surface area contributed by atoms with Gasteiger partial charge in [0.2, 0.25) is 5.91 Å². The lowest BCUT2D eigenvalue weighted by molar-refractivity contribution is -0.350. The number of alkyl halides is 3. The Morgan fingerprint density at radius 3 is 1.27 bits per heavy atom. The van der Waals surface area contributed by atoms with Crippen LogP contribution in [0.1, 0.15) is 51.8 Å². The fourth-order valence-corrected chi connectivity index (χ4v) is 11.8. The number of hydrogen-bond donors (Lipinski definition) is 6. The molecule has 20 nitrogen and oxygen atoms in total. The fourth-order valence-electron chi connectivity index (χ4n) is 11.8. The monoisotopic (exact) mass is 1340 g/mol. The summed E-state index contributed by atoms with van der Waals surface area (Å²) in [5.41, 5.74) is 34.2. The first kappa shape index (κ1) is 73.9. The summed E-state index contributed by atoms with van der Waals surface area (Å²) in [5, 5.41) is 10.4. The SMILES string of the molecule is CO[C@H]1[C@@H](O[C@@H]2[C@@H](OCc3ccccc3)[C@H](O[C@@H]3O[C@@H](CN)[C@H](OCc4ccccc4)[C@@H](OCc4ccccc4)[C@@H]3OCc3ccccc3)[C@@H](N)C[C@H]2NC(=O)C(CCN)OCc2ccccc2)O[C@H](COCc2ccccc2)[C@@H](OCc2ccccc2)[C@@H]1N.O=C(O)C(F)(F)F. The van der Waals surface area contributed by atoms with Gasteiger partial charge in [-0.05, 0) is 58.3 Å². The molecule has 3 fully saturated rings. The van der Waals surface area contributed by atoms with Crippen molar-refractivity contribution in [2.45, 2.75) is 163 Å². The van der Waals surface area contributed by atoms with Gasteiger partial charge in [0.15, 0.2) is 12.6 Å². The molecule has 3 aliphatic rings. The topological polar surface area (TPSA) is 281 Å². The molecule has 16 atom stereocenters. The molecule has 0 radical (unpaired) electrons. The molecule has 0 bridgehead atoms. The maximum absolute atomic E-state index is 15.0. The van der Waals surface area contributed by atoms with Gasteiger partial charge in [0.25, 0.3) is 0 Å². The van der Waals surface area contributed by atoms with Gasteiger partial charge in [-0.2, -0.15) is 13.2 Å². The van der Waals surface area contributed by atoms with Gasteiger partial charge in [-0.25, -0.2) is 4.79 Å². The second-order valence-electron chi connectivity index (χ2n) is 23.8. The van der Waals surface area contributed by atoms with E-state index >= 15 is 0 Å². The number of carboxylic acid groups (broad SMARTS) is 1. The molecule has 10 rings (SSSR count). The third-order valence-corrected chi connectivity index (χ3v) is 16.8. The third kappa shape index (κ3) is 22.1. The molecule has 1 amide bonds. The number of halogens is 3. The van der Waals surface area contributed by atoms with Crippen LogP contribution >= 0.6 is 0 Å². The van der Waals surface area contributed by atoms with Gasteiger partial charge in [0.1, 0.15) is 67.1 Å². The highest BCUT2D eigenvalue weighted by Crippen LogP contribution is 2.38. The number of nitrogens with two attached hydrogens (primary N) is 4. The fraction of sp³-hybridized carbons (Fsp3) is 0.405. The lowest BCUT2D eigenvalue weighted by atomic mass is 9.83. The van der Waals surface area contributed by atoms with Crippen molar-refractivity contribution in [1.29, 1.82) is 0 Å². The summed E-state index contributed by atoms with van der Waals surface area (Å²) >= 11 is 0. The van der Waals surface area contributed by atoms with Gasteiger partial charge in [-0.1, -0.05) is 212 Å². The van der Waals surface area contributed by atoms with Crippen molar-refractivity contribution < 1.29 is 84.7 Å². The highest BCUT2D eigenvalue weighted by atomic mass is 19.4. The molecule has 1 unspecified atom stereocenters. The first-order valence-corrected chi connectivity index (χ1v) is 32.4. The molecule has 7 aromatic rings. The number of aliphatic carboxylic acids is 1. The number of carbonyl (C=O) groups excluding carboxylic acids is 1. The lowest BCUT2D eigenvalue weighted by Crippen LogP contribution is -2.70. The number of rotatable bonds is 32. The number of ether oxygens (including phenoxy) is 12. The molecule has 2 saturated heterocycles. The van der Waals surface area contributed by atoms with Gasteiger partial charge in [-0.15, -0.1) is 0 Å². The summed E-state index contributed by atoms with van der Waals surface area (Å²) in [5.74, 6) is -3.18. The van der Waals surface area contributed by atoms with Gasteiger partial charge in [-0.3, -0.25) is 4.79 Å². The van der Waals surface area contributed by atoms with Crippen LogP contribution in [0.5, 0.6) is 0 Å². The van der Waals surface area contributed by atoms with Crippen LogP contribution in [0.25, 0.3) is 0 Å². The number of carbonyl (C=O) groups is 2. The van der Waals surface area contributed by atoms with Crippen molar-refractivity contribution in [2.75, 3.05) is 26.8 Å². The maximum Gasteiger partial charge on any atom is 0.490 e. The van der Waals surface area contributed by atoms with E-state index < -0.39 is 116 Å². The van der Waals surface area contributed by atoms with Crippen LogP contribution in [-0.4, -0.2) is 148 Å². The number of carboxylic acids is 1. The van der Waals surface area contributed by atoms with E-state index in [-0.39, 0.29) is 72.2 Å². The summed E-state index contributed by atoms with van der Waals surface area (Å²) in [6.45, 7) is 1.64. The van der Waals surface area contributed by atoms with Gasteiger partial charge >= 0.3 is 12.1 Å². The van der Waals surface area contributed by atoms with Crippen molar-refractivity contribution in [3.63, 3.8) is 0 Å². The summed E-state index contributed by atoms with van der Waals surface area (Å²) in [7, 11) is 1.55. The van der Waals surface area contributed by atoms with E-state index in [0.717, 1.165) is 38.9 Å². The Balaban J connectivity index is 0.00000149. The maximum atomic E-state index is 15.0. The molecule has 520 valence electrons. The molecule has 23 heteroatoms. The average Bonchev–Trinajstić information content (AvgIpc) is 0.778. The lowest BCUT2D eigenvalue weighted by Gasteiger charge is -2.51. The van der Waals surface area contributed by atoms with Crippen LogP contribution in [0.15, 0.2) is 212 Å². The Kier molecular flexibility index (Phi) is 29.0. The van der Waals surface area contributed by atoms with E-state index in [2.05, 4.69) is 5.32 Å². The molecule has 0 spiro atoms. The molecule has 10 N–H and O–H groups in total. The van der Waals surface area contributed by atoms with Crippen molar-refractivity contribution in [1.82, 2.24) is 5.32 Å². The van der Waals surface area contributed by atoms with Gasteiger partial charge < -0.3 is 90.2 Å². The van der Waals surface area contributed by atoms with Crippen molar-refractivity contribution >= 4 is 11.9 Å². The Hall–Kier alpha value is -7.37. The van der Waals surface area contributed by atoms with E-state index in [1.165, 1.54) is 0 Å². The number of hydrogen-bond acceptors (Lipinski definition) is 18. The minimum atomic E-state index is -5.08. The second-order valence-corrected chi connectivity index (χ2v) is 23.8. The molecule has 97 heavy (non-hydrogen) atoms. The summed E-state index contributed by atoms with van der Waals surface area (Å²) < 4.78 is 115. The largest absolute Gasteiger partial charge is 0.490 e. The van der Waals surface area contributed by atoms with E-state index in [1.807, 2.05) is 212 Å². The van der Waals surface area contributed by atoms with Crippen molar-refractivity contribution in [2.24, 2.45) is 22.9 Å². The summed E-state index contributed by atoms with van der Waals surface area (Å²) in [6.07, 6.45) is -17.1. The summed E-state index contributed by atoms with van der Waals surface area (Å²) in [6, 6.07) is 66.1. The van der Waals surface area contributed by atoms with Crippen molar-refractivity contribution in [3.05, 3.63) is 251 Å². The van der Waals surface area contributed by atoms with Crippen LogP contribution in [0.3, 0.4) is 0 Å². The van der Waals surface area contributed by atoms with Crippen LogP contribution < -0.4 is 28.3 Å². The third-order valence-electron chi connectivity index (χ3n) is 16.8. The zero-order valence-corrected chi connectivity index (χ0v) is 54.0. The zero-order valence-electron chi connectivity index (χ0n) is 54.0. The summed E-state index contributed by atoms with van der Waals surface area (Å²) in [4.78, 5) is 23.9. The quantitative estimate of drug-likeness (QED) is 0.0231. The van der Waals surface area contributed by atoms with E-state index in [1.54, 1.807) is 7.11 Å². The molecule has 2 aliphatic heterocycles. The Bertz CT molecular complexity index is 3350. The van der Waals surface area contributed by atoms with Crippen molar-refractivity contribution in [3.8, 4) is 0 Å². The van der Waals surface area contributed by atoms with E-state index in [9.17, 15) is 18.0 Å². The molecule has 2 heterocycles. The number of methoxy groups -OCH3 is 1. The zero-order chi connectivity index (χ0) is 68.4. The standard InChI is InChI=1S/C72H87N5O13.C2HF3O2/c1-79-66-61(76)64(82-43-51-27-13-4-14-28-51)60(48-80-41-49-23-9-2-10-24-49)88-71(66)90-63-57(77-70(78)58(37-38-73)81-42-50-25-11-3-12-26-50)39-56(75)62(67(63)84-45-53-31-17-6-18-32-53)89-72-69(86-47-55-35-21-8-22-36-55)68(85-46-54-33-19-7-20-34-54)65(59(40-74)87-72)83-44-52-29-15-5-16-30-52;3-2(4,5)1(6)7/h2-36,56-69,71-72H,37-48,73-76H2,1H3,(H,77,78);(H,6,7)/t56-,57+,58?,59-,60+,61-,62+,63-,64+,65-,66+,67-,68+,69-,71+,72-;/m0./s1. The first-order chi connectivity index (χ1) is 47.2. The Morgan fingerprint density at radius 2 is 0.856 bits per heavy atom. The molecule has 1 aliphatic carbocycles. The van der Waals surface area contributed by atoms with Crippen LogP contribution in [0.2, 0.25) is 0 Å². The van der Waals surface area contributed by atoms with Crippen LogP contribution in [0, 0.1) is 0 Å². The minimum Gasteiger partial charge on any atom is -0.475 e. The van der Waals surface area contributed by atoms with Crippen LogP contribution in [-0.2, 0) is 113 Å². The normalized spacial score (nSPS) is 26.0. The predicted octanol–water partition coefficient (Wildman–Crippen LogP) is 8.43. The highest BCUT2D eigenvalue weighted by Gasteiger charge is 2.56. The van der Waals surface area contributed by atoms with E-state index in [0.29, 0.717) is 6.61 Å². The highest BCUT2D eigenvalue weighted by molar-refractivity contribution is 5.81. The molecule has 7 aromatic carbocycles. The second kappa shape index (κ2) is 38.1.